The summed E-state index contributed by atoms with van der Waals surface area (Å²) >= 11 is 0. The second-order valence-electron chi connectivity index (χ2n) is 14.8. The van der Waals surface area contributed by atoms with E-state index in [0.29, 0.717) is 40.5 Å². The van der Waals surface area contributed by atoms with Crippen molar-refractivity contribution in [3.8, 4) is 5.75 Å². The van der Waals surface area contributed by atoms with Gasteiger partial charge in [0.05, 0.1) is 49.1 Å². The molecule has 0 spiro atoms. The molecule has 4 rings (SSSR count). The van der Waals surface area contributed by atoms with E-state index >= 15 is 0 Å². The van der Waals surface area contributed by atoms with Crippen molar-refractivity contribution in [1.29, 1.82) is 0 Å². The molecule has 0 radical (unpaired) electrons. The van der Waals surface area contributed by atoms with Crippen LogP contribution in [0.25, 0.3) is 34.1 Å². The van der Waals surface area contributed by atoms with Crippen molar-refractivity contribution in [2.24, 2.45) is 0 Å². The van der Waals surface area contributed by atoms with Crippen molar-refractivity contribution in [1.82, 2.24) is 0 Å². The van der Waals surface area contributed by atoms with Crippen LogP contribution in [0.5, 0.6) is 5.75 Å². The van der Waals surface area contributed by atoms with E-state index in [1.807, 2.05) is 69.4 Å². The Bertz CT molecular complexity index is 2120. The molecule has 2 heterocycles. The molecule has 0 bridgehead atoms. The molecule has 0 saturated carbocycles. The van der Waals surface area contributed by atoms with Gasteiger partial charge in [-0.3, -0.25) is 4.55 Å². The number of hydrogen-bond acceptors (Lipinski definition) is 8. The Morgan fingerprint density at radius 3 is 2.02 bits per heavy atom. The monoisotopic (exact) mass is 753 g/mol. The first kappa shape index (κ1) is 42.7. The third kappa shape index (κ3) is 12.4. The quantitative estimate of drug-likeness (QED) is 0.0391. The lowest BCUT2D eigenvalue weighted by atomic mass is 9.91. The standard InChI is InChI=1S/C35H42N2O7S.C5H11NO2/c1-7-36(8-2)25-16-18-28-31(22-25)44-34(39)29(33(28)38)14-11-10-13-24-21-32(35(4,5)6)43-30-23-26(15-17-27(24)30)37(9-3)19-12-20-45(40,41)42;1-6(2,3)4-5(7)8/h10-11,13-18,21-23H,7-9,12,19-20H2,1-6H3,(H-,38,39,40,41,42);4H2,1-3H3/p+2. The number of fused-ring (bicyclic) bond motifs is 2. The van der Waals surface area contributed by atoms with E-state index in [-0.39, 0.29) is 29.0 Å². The first-order valence-electron chi connectivity index (χ1n) is 17.7. The lowest BCUT2D eigenvalue weighted by molar-refractivity contribution is -0.862. The highest BCUT2D eigenvalue weighted by Crippen LogP contribution is 2.33. The number of nitrogens with zero attached hydrogens (tertiary/aromatic N) is 3. The van der Waals surface area contributed by atoms with Gasteiger partial charge >= 0.3 is 22.9 Å². The summed E-state index contributed by atoms with van der Waals surface area (Å²) in [5, 5.41) is 20.5. The van der Waals surface area contributed by atoms with Crippen LogP contribution >= 0.6 is 0 Å². The molecule has 3 N–H and O–H groups in total. The maximum Gasteiger partial charge on any atom is 0.362 e. The summed E-state index contributed by atoms with van der Waals surface area (Å²) in [6.45, 7) is 15.2. The average molecular weight is 754 g/mol. The first-order chi connectivity index (χ1) is 24.7. The van der Waals surface area contributed by atoms with Crippen molar-refractivity contribution in [3.05, 3.63) is 81.9 Å². The van der Waals surface area contributed by atoms with E-state index in [1.54, 1.807) is 30.4 Å². The maximum atomic E-state index is 12.8. The molecule has 2 aromatic carbocycles. The number of carboxylic acid groups (broad SMARTS) is 1. The SMILES string of the molecule is CCN(CC)c1ccc2c(O)c(/C=C/C=C/c3cc(C(C)(C)C)[o+]c4cc(N(CC)CCCS(=O)(=O)O)ccc34)c(=O)oc2c1.C[N+](C)(C)CC(=O)O. The van der Waals surface area contributed by atoms with Crippen LogP contribution in [-0.2, 0) is 20.3 Å². The second-order valence-corrected chi connectivity index (χ2v) is 16.4. The minimum absolute atomic E-state index is 0.0735. The van der Waals surface area contributed by atoms with Gasteiger partial charge in [0.2, 0.25) is 0 Å². The van der Waals surface area contributed by atoms with Gasteiger partial charge in [-0.2, -0.15) is 8.42 Å². The number of benzene rings is 2. The number of allylic oxidation sites excluding steroid dienone is 2. The first-order valence-corrected chi connectivity index (χ1v) is 19.3. The number of likely N-dealkylation sites (N-methyl/N-ethyl adjacent to an activating group) is 1. The molecule has 4 aromatic rings. The average Bonchev–Trinajstić information content (AvgIpc) is 3.04. The smallest absolute Gasteiger partial charge is 0.362 e. The number of anilines is 2. The van der Waals surface area contributed by atoms with E-state index in [2.05, 4.69) is 39.5 Å². The van der Waals surface area contributed by atoms with Gasteiger partial charge in [-0.1, -0.05) is 18.2 Å². The molecule has 0 atom stereocenters. The van der Waals surface area contributed by atoms with Crippen LogP contribution in [0, 0.1) is 0 Å². The number of quaternary nitrogens is 1. The van der Waals surface area contributed by atoms with Crippen LogP contribution in [0.15, 0.2) is 68.2 Å². The van der Waals surface area contributed by atoms with Gasteiger partial charge in [0, 0.05) is 55.2 Å². The lowest BCUT2D eigenvalue weighted by Crippen LogP contribution is -2.39. The zero-order valence-electron chi connectivity index (χ0n) is 32.3. The van der Waals surface area contributed by atoms with Crippen molar-refractivity contribution in [2.45, 2.75) is 53.4 Å². The molecular formula is C40H55N3O9S+2. The van der Waals surface area contributed by atoms with Gasteiger partial charge in [-0.15, -0.1) is 0 Å². The van der Waals surface area contributed by atoms with E-state index < -0.39 is 21.7 Å². The Labute approximate surface area is 312 Å². The van der Waals surface area contributed by atoms with E-state index in [1.165, 1.54) is 0 Å². The molecule has 53 heavy (non-hydrogen) atoms. The van der Waals surface area contributed by atoms with E-state index in [9.17, 15) is 23.1 Å². The Kier molecular flexibility index (Phi) is 14.4. The largest absolute Gasteiger partial charge is 0.506 e. The summed E-state index contributed by atoms with van der Waals surface area (Å²) in [6, 6.07) is 13.3. The molecule has 0 aliphatic rings. The summed E-state index contributed by atoms with van der Waals surface area (Å²) < 4.78 is 43.9. The number of aromatic hydroxyl groups is 1. The normalized spacial score (nSPS) is 12.4. The fourth-order valence-electron chi connectivity index (χ4n) is 5.65. The summed E-state index contributed by atoms with van der Waals surface area (Å²) in [4.78, 5) is 27.0. The fraction of sp³-hybridized carbons (Fsp3) is 0.425. The van der Waals surface area contributed by atoms with Gasteiger partial charge in [-0.25, -0.2) is 14.0 Å². The van der Waals surface area contributed by atoms with Crippen LogP contribution in [0.4, 0.5) is 11.4 Å². The molecule has 0 unspecified atom stereocenters. The van der Waals surface area contributed by atoms with Gasteiger partial charge < -0.3 is 28.9 Å². The van der Waals surface area contributed by atoms with Crippen molar-refractivity contribution in [2.75, 3.05) is 69.4 Å². The summed E-state index contributed by atoms with van der Waals surface area (Å²) in [6.07, 6.45) is 7.25. The number of aliphatic carboxylic acids is 1. The Balaban J connectivity index is 0.000000846. The summed E-state index contributed by atoms with van der Waals surface area (Å²) in [7, 11) is 1.51. The molecule has 0 amide bonds. The predicted octanol–water partition coefficient (Wildman–Crippen LogP) is 7.28. The van der Waals surface area contributed by atoms with Crippen molar-refractivity contribution < 1.29 is 41.3 Å². The number of carbonyl (C=O) groups is 1. The molecule has 13 heteroatoms. The summed E-state index contributed by atoms with van der Waals surface area (Å²) in [5.74, 6) is -0.394. The van der Waals surface area contributed by atoms with Gasteiger partial charge in [0.25, 0.3) is 10.1 Å². The maximum absolute atomic E-state index is 12.8. The van der Waals surface area contributed by atoms with Crippen LogP contribution < -0.4 is 15.4 Å². The van der Waals surface area contributed by atoms with Crippen LogP contribution in [0.2, 0.25) is 0 Å². The zero-order valence-corrected chi connectivity index (χ0v) is 33.2. The number of hydrogen-bond donors (Lipinski definition) is 3. The van der Waals surface area contributed by atoms with Crippen LogP contribution in [-0.4, -0.2) is 93.3 Å². The fourth-order valence-corrected chi connectivity index (χ4v) is 6.14. The molecule has 0 fully saturated rings. The molecule has 12 nitrogen and oxygen atoms in total. The number of carboxylic acids is 1. The minimum Gasteiger partial charge on any atom is -0.506 e. The highest BCUT2D eigenvalue weighted by Gasteiger charge is 2.29. The van der Waals surface area contributed by atoms with Crippen LogP contribution in [0.3, 0.4) is 0 Å². The molecule has 0 saturated heterocycles. The third-order valence-corrected chi connectivity index (χ3v) is 9.19. The minimum atomic E-state index is -4.02. The zero-order chi connectivity index (χ0) is 39.7. The van der Waals surface area contributed by atoms with Gasteiger partial charge in [0.1, 0.15) is 16.9 Å². The second kappa shape index (κ2) is 17.9. The predicted molar refractivity (Wildman–Crippen MR) is 215 cm³/mol. The molecule has 0 aliphatic heterocycles. The van der Waals surface area contributed by atoms with E-state index in [0.717, 1.165) is 41.2 Å². The highest BCUT2D eigenvalue weighted by atomic mass is 32.2. The molecule has 288 valence electrons. The summed E-state index contributed by atoms with van der Waals surface area (Å²) in [5.41, 5.74) is 2.90. The van der Waals surface area contributed by atoms with Gasteiger partial charge in [0.15, 0.2) is 6.54 Å². The van der Waals surface area contributed by atoms with Crippen molar-refractivity contribution in [3.63, 3.8) is 0 Å². The Hall–Kier alpha value is -4.72. The van der Waals surface area contributed by atoms with Crippen LogP contribution in [0.1, 0.15) is 64.9 Å². The van der Waals surface area contributed by atoms with Gasteiger partial charge in [-0.05, 0) is 78.3 Å². The molecule has 2 aromatic heterocycles. The highest BCUT2D eigenvalue weighted by molar-refractivity contribution is 7.85. The Morgan fingerprint density at radius 1 is 0.906 bits per heavy atom. The third-order valence-electron chi connectivity index (χ3n) is 8.39. The molecular weight excluding hydrogens is 699 g/mol. The Morgan fingerprint density at radius 2 is 1.49 bits per heavy atom. The lowest BCUT2D eigenvalue weighted by Gasteiger charge is -2.22. The topological polar surface area (TPSA) is 160 Å². The molecule has 0 aliphatic carbocycles. The van der Waals surface area contributed by atoms with Crippen molar-refractivity contribution >= 4 is 61.6 Å². The van der Waals surface area contributed by atoms with E-state index in [4.69, 9.17) is 18.5 Å². The number of rotatable bonds is 14.